The Morgan fingerprint density at radius 2 is 1.54 bits per heavy atom. The third-order valence-corrected chi connectivity index (χ3v) is 1.83. The topological polar surface area (TPSA) is 127 Å². The van der Waals surface area contributed by atoms with E-state index in [9.17, 15) is 4.79 Å². The summed E-state index contributed by atoms with van der Waals surface area (Å²) in [6.45, 7) is 0. The van der Waals surface area contributed by atoms with E-state index in [0.717, 1.165) is 0 Å². The highest BCUT2D eigenvalue weighted by atomic mass is 16.6. The molecule has 1 aliphatic heterocycles. The molecule has 1 unspecified atom stereocenters. The van der Waals surface area contributed by atoms with Crippen molar-refractivity contribution in [3.8, 4) is 0 Å². The van der Waals surface area contributed by atoms with E-state index in [1.807, 2.05) is 0 Å². The molecule has 0 radical (unpaired) electrons. The summed E-state index contributed by atoms with van der Waals surface area (Å²) in [5.41, 5.74) is 0. The summed E-state index contributed by atoms with van der Waals surface area (Å²) >= 11 is 0. The molecular formula is C6H10O7. The van der Waals surface area contributed by atoms with Crippen LogP contribution in [0.3, 0.4) is 0 Å². The SMILES string of the molecule is O=C(O)[C@H]1OC(O)[C@H](O)[C@H](O)[C@H]1O. The van der Waals surface area contributed by atoms with E-state index in [4.69, 9.17) is 25.5 Å². The van der Waals surface area contributed by atoms with Crippen LogP contribution in [0.5, 0.6) is 0 Å². The summed E-state index contributed by atoms with van der Waals surface area (Å²) in [6, 6.07) is 0. The van der Waals surface area contributed by atoms with E-state index in [-0.39, 0.29) is 0 Å². The smallest absolute Gasteiger partial charge is 0.335 e. The standard InChI is InChI=1S/C6H10O7/c7-1-2(8)4(5(10)11)13-6(12)3(1)9/h1-4,6-9,12H,(H,10,11)/t1-,2-,3-,4+,6?/m1/s1. The maximum Gasteiger partial charge on any atom is 0.335 e. The van der Waals surface area contributed by atoms with Crippen molar-refractivity contribution in [1.82, 2.24) is 0 Å². The van der Waals surface area contributed by atoms with Crippen LogP contribution in [0.15, 0.2) is 0 Å². The van der Waals surface area contributed by atoms with Crippen LogP contribution in [-0.4, -0.2) is 62.2 Å². The molecule has 1 saturated heterocycles. The monoisotopic (exact) mass is 194 g/mol. The average Bonchev–Trinajstić information content (AvgIpc) is 2.07. The minimum Gasteiger partial charge on any atom is -0.479 e. The van der Waals surface area contributed by atoms with Gasteiger partial charge in [-0.1, -0.05) is 0 Å². The summed E-state index contributed by atoms with van der Waals surface area (Å²) < 4.78 is 4.34. The van der Waals surface area contributed by atoms with Gasteiger partial charge in [0.1, 0.15) is 18.3 Å². The second-order valence-electron chi connectivity index (χ2n) is 2.76. The molecule has 0 aromatic heterocycles. The van der Waals surface area contributed by atoms with Crippen LogP contribution in [0.1, 0.15) is 0 Å². The predicted octanol–water partition coefficient (Wildman–Crippen LogP) is -3.13. The van der Waals surface area contributed by atoms with Gasteiger partial charge in [-0.2, -0.15) is 0 Å². The Morgan fingerprint density at radius 1 is 1.00 bits per heavy atom. The highest BCUT2D eigenvalue weighted by Crippen LogP contribution is 2.19. The number of hydrogen-bond donors (Lipinski definition) is 5. The fourth-order valence-electron chi connectivity index (χ4n) is 1.07. The van der Waals surface area contributed by atoms with E-state index >= 15 is 0 Å². The number of carboxylic acid groups (broad SMARTS) is 1. The van der Waals surface area contributed by atoms with Crippen molar-refractivity contribution in [1.29, 1.82) is 0 Å². The molecule has 1 aliphatic rings. The summed E-state index contributed by atoms with van der Waals surface area (Å²) in [7, 11) is 0. The molecule has 0 aromatic carbocycles. The maximum atomic E-state index is 10.4. The second-order valence-corrected chi connectivity index (χ2v) is 2.76. The first-order chi connectivity index (χ1) is 5.95. The van der Waals surface area contributed by atoms with E-state index in [2.05, 4.69) is 4.74 Å². The third-order valence-electron chi connectivity index (χ3n) is 1.83. The van der Waals surface area contributed by atoms with Gasteiger partial charge in [0.2, 0.25) is 0 Å². The summed E-state index contributed by atoms with van der Waals surface area (Å²) in [5.74, 6) is -1.52. The van der Waals surface area contributed by atoms with Crippen LogP contribution in [0.2, 0.25) is 0 Å². The molecule has 7 heteroatoms. The van der Waals surface area contributed by atoms with Crippen LogP contribution in [0.4, 0.5) is 0 Å². The zero-order chi connectivity index (χ0) is 10.2. The average molecular weight is 194 g/mol. The number of carbonyl (C=O) groups is 1. The van der Waals surface area contributed by atoms with Crippen molar-refractivity contribution in [3.63, 3.8) is 0 Å². The fourth-order valence-corrected chi connectivity index (χ4v) is 1.07. The Bertz CT molecular complexity index is 205. The van der Waals surface area contributed by atoms with Crippen LogP contribution in [0.25, 0.3) is 0 Å². The van der Waals surface area contributed by atoms with E-state index in [1.165, 1.54) is 0 Å². The Hall–Kier alpha value is -0.730. The van der Waals surface area contributed by atoms with E-state index in [0.29, 0.717) is 0 Å². The number of ether oxygens (including phenoxy) is 1. The van der Waals surface area contributed by atoms with Gasteiger partial charge in [0, 0.05) is 0 Å². The van der Waals surface area contributed by atoms with Gasteiger partial charge in [-0.3, -0.25) is 0 Å². The number of rotatable bonds is 1. The fraction of sp³-hybridized carbons (Fsp3) is 0.833. The van der Waals surface area contributed by atoms with Gasteiger partial charge < -0.3 is 30.3 Å². The maximum absolute atomic E-state index is 10.4. The molecule has 5 atom stereocenters. The van der Waals surface area contributed by atoms with Gasteiger partial charge in [0.15, 0.2) is 12.4 Å². The molecule has 0 spiro atoms. The van der Waals surface area contributed by atoms with Crippen molar-refractivity contribution in [2.75, 3.05) is 0 Å². The van der Waals surface area contributed by atoms with Crippen molar-refractivity contribution in [2.45, 2.75) is 30.7 Å². The second kappa shape index (κ2) is 3.56. The molecule has 1 rings (SSSR count). The van der Waals surface area contributed by atoms with Gasteiger partial charge in [-0.15, -0.1) is 0 Å². The molecule has 1 fully saturated rings. The van der Waals surface area contributed by atoms with E-state index < -0.39 is 36.7 Å². The summed E-state index contributed by atoms with van der Waals surface area (Å²) in [6.07, 6.45) is -8.72. The minimum atomic E-state index is -1.81. The Balaban J connectivity index is 2.76. The van der Waals surface area contributed by atoms with Crippen molar-refractivity contribution >= 4 is 5.97 Å². The Morgan fingerprint density at radius 3 is 2.00 bits per heavy atom. The van der Waals surface area contributed by atoms with Crippen LogP contribution >= 0.6 is 0 Å². The first kappa shape index (κ1) is 10.4. The molecule has 13 heavy (non-hydrogen) atoms. The molecule has 1 heterocycles. The highest BCUT2D eigenvalue weighted by Gasteiger charge is 2.46. The first-order valence-electron chi connectivity index (χ1n) is 3.55. The number of aliphatic carboxylic acids is 1. The normalized spacial score (nSPS) is 46.0. The van der Waals surface area contributed by atoms with Crippen LogP contribution in [0, 0.1) is 0 Å². The van der Waals surface area contributed by atoms with Gasteiger partial charge in [0.25, 0.3) is 0 Å². The minimum absolute atomic E-state index is 1.52. The molecule has 76 valence electrons. The number of hydrogen-bond acceptors (Lipinski definition) is 6. The molecule has 5 N–H and O–H groups in total. The summed E-state index contributed by atoms with van der Waals surface area (Å²) in [4.78, 5) is 10.4. The Labute approximate surface area is 72.8 Å². The lowest BCUT2D eigenvalue weighted by Crippen LogP contribution is -2.59. The molecule has 0 amide bonds. The zero-order valence-electron chi connectivity index (χ0n) is 6.44. The number of carboxylic acids is 1. The lowest BCUT2D eigenvalue weighted by atomic mass is 9.99. The molecular weight excluding hydrogens is 184 g/mol. The Kier molecular flexibility index (Phi) is 2.84. The van der Waals surface area contributed by atoms with Gasteiger partial charge >= 0.3 is 5.97 Å². The summed E-state index contributed by atoms with van der Waals surface area (Å²) in [5, 5.41) is 44.4. The van der Waals surface area contributed by atoms with Gasteiger partial charge in [-0.05, 0) is 0 Å². The number of aliphatic hydroxyl groups is 4. The molecule has 7 nitrogen and oxygen atoms in total. The molecule has 0 aliphatic carbocycles. The number of aliphatic hydroxyl groups excluding tert-OH is 4. The molecule has 0 bridgehead atoms. The largest absolute Gasteiger partial charge is 0.479 e. The third kappa shape index (κ3) is 1.79. The first-order valence-corrected chi connectivity index (χ1v) is 3.55. The quantitative estimate of drug-likeness (QED) is 0.298. The van der Waals surface area contributed by atoms with Crippen LogP contribution < -0.4 is 0 Å². The zero-order valence-corrected chi connectivity index (χ0v) is 6.44. The van der Waals surface area contributed by atoms with Gasteiger partial charge in [0.05, 0.1) is 0 Å². The predicted molar refractivity (Wildman–Crippen MR) is 36.5 cm³/mol. The van der Waals surface area contributed by atoms with E-state index in [1.54, 1.807) is 0 Å². The molecule has 0 saturated carbocycles. The van der Waals surface area contributed by atoms with Crippen molar-refractivity contribution < 1.29 is 35.1 Å². The highest BCUT2D eigenvalue weighted by molar-refractivity contribution is 5.73. The van der Waals surface area contributed by atoms with Crippen molar-refractivity contribution in [3.05, 3.63) is 0 Å². The lowest BCUT2D eigenvalue weighted by molar-refractivity contribution is -0.279. The van der Waals surface area contributed by atoms with Crippen LogP contribution in [-0.2, 0) is 9.53 Å². The molecule has 0 aromatic rings. The lowest BCUT2D eigenvalue weighted by Gasteiger charge is -2.36. The van der Waals surface area contributed by atoms with Gasteiger partial charge in [-0.25, -0.2) is 4.79 Å². The van der Waals surface area contributed by atoms with Crippen molar-refractivity contribution in [2.24, 2.45) is 0 Å².